The maximum atomic E-state index is 4.31. The quantitative estimate of drug-likeness (QED) is 0.558. The van der Waals surface area contributed by atoms with Crippen molar-refractivity contribution >= 4 is 10.8 Å². The SMILES string of the molecule is C(#Cc1nccc2ccccc12)c1cncnc1. The van der Waals surface area contributed by atoms with Gasteiger partial charge in [0, 0.05) is 24.0 Å². The molecular formula is C15H9N3. The molecule has 0 N–H and O–H groups in total. The normalized spacial score (nSPS) is 9.78. The van der Waals surface area contributed by atoms with E-state index in [0.717, 1.165) is 22.0 Å². The third kappa shape index (κ3) is 2.04. The van der Waals surface area contributed by atoms with Crippen LogP contribution < -0.4 is 0 Å². The van der Waals surface area contributed by atoms with Gasteiger partial charge in [0.2, 0.25) is 0 Å². The highest BCUT2D eigenvalue weighted by atomic mass is 14.8. The molecular weight excluding hydrogens is 222 g/mol. The lowest BCUT2D eigenvalue weighted by atomic mass is 10.1. The minimum atomic E-state index is 0.775. The Morgan fingerprint density at radius 2 is 1.72 bits per heavy atom. The number of hydrogen-bond acceptors (Lipinski definition) is 3. The average molecular weight is 231 g/mol. The van der Waals surface area contributed by atoms with Gasteiger partial charge in [0.05, 0.1) is 5.56 Å². The molecule has 3 aromatic rings. The maximum absolute atomic E-state index is 4.31. The second-order valence-corrected chi connectivity index (χ2v) is 3.76. The van der Waals surface area contributed by atoms with Gasteiger partial charge >= 0.3 is 0 Å². The van der Waals surface area contributed by atoms with Crippen molar-refractivity contribution < 1.29 is 0 Å². The maximum Gasteiger partial charge on any atom is 0.121 e. The van der Waals surface area contributed by atoms with Crippen molar-refractivity contribution in [3.63, 3.8) is 0 Å². The van der Waals surface area contributed by atoms with Gasteiger partial charge in [0.25, 0.3) is 0 Å². The fourth-order valence-electron chi connectivity index (χ4n) is 1.71. The van der Waals surface area contributed by atoms with Gasteiger partial charge in [0.15, 0.2) is 0 Å². The van der Waals surface area contributed by atoms with E-state index in [1.807, 2.05) is 30.3 Å². The molecule has 0 amide bonds. The van der Waals surface area contributed by atoms with E-state index in [4.69, 9.17) is 0 Å². The largest absolute Gasteiger partial charge is 0.247 e. The summed E-state index contributed by atoms with van der Waals surface area (Å²) in [5.41, 5.74) is 1.56. The van der Waals surface area contributed by atoms with Crippen LogP contribution in [0.3, 0.4) is 0 Å². The Kier molecular flexibility index (Phi) is 2.69. The van der Waals surface area contributed by atoms with Crippen molar-refractivity contribution in [1.82, 2.24) is 15.0 Å². The molecule has 0 unspecified atom stereocenters. The average Bonchev–Trinajstić information content (AvgIpc) is 2.46. The van der Waals surface area contributed by atoms with Crippen LogP contribution in [-0.4, -0.2) is 15.0 Å². The predicted molar refractivity (Wildman–Crippen MR) is 69.8 cm³/mol. The van der Waals surface area contributed by atoms with E-state index in [2.05, 4.69) is 26.8 Å². The van der Waals surface area contributed by atoms with Crippen molar-refractivity contribution in [3.8, 4) is 11.8 Å². The molecule has 0 radical (unpaired) electrons. The minimum absolute atomic E-state index is 0.775. The van der Waals surface area contributed by atoms with Crippen molar-refractivity contribution in [3.05, 3.63) is 66.5 Å². The number of nitrogens with zero attached hydrogens (tertiary/aromatic N) is 3. The predicted octanol–water partition coefficient (Wildman–Crippen LogP) is 2.42. The first-order valence-corrected chi connectivity index (χ1v) is 5.54. The van der Waals surface area contributed by atoms with Crippen LogP contribution in [0.1, 0.15) is 11.3 Å². The molecule has 0 aliphatic heterocycles. The van der Waals surface area contributed by atoms with Gasteiger partial charge in [-0.3, -0.25) is 0 Å². The van der Waals surface area contributed by atoms with E-state index < -0.39 is 0 Å². The Balaban J connectivity index is 2.09. The molecule has 2 heterocycles. The third-order valence-electron chi connectivity index (χ3n) is 2.56. The lowest BCUT2D eigenvalue weighted by Gasteiger charge is -1.98. The number of hydrogen-bond donors (Lipinski definition) is 0. The number of benzene rings is 1. The monoisotopic (exact) mass is 231 g/mol. The summed E-state index contributed by atoms with van der Waals surface area (Å²) >= 11 is 0. The van der Waals surface area contributed by atoms with Crippen molar-refractivity contribution in [2.45, 2.75) is 0 Å². The topological polar surface area (TPSA) is 38.7 Å². The van der Waals surface area contributed by atoms with Crippen molar-refractivity contribution in [2.24, 2.45) is 0 Å². The zero-order valence-electron chi connectivity index (χ0n) is 9.54. The Hall–Kier alpha value is -2.73. The number of pyridine rings is 1. The van der Waals surface area contributed by atoms with Gasteiger partial charge < -0.3 is 0 Å². The van der Waals surface area contributed by atoms with E-state index in [9.17, 15) is 0 Å². The molecule has 18 heavy (non-hydrogen) atoms. The number of rotatable bonds is 0. The molecule has 0 fully saturated rings. The Morgan fingerprint density at radius 1 is 0.889 bits per heavy atom. The molecule has 2 aromatic heterocycles. The van der Waals surface area contributed by atoms with Crippen LogP contribution in [-0.2, 0) is 0 Å². The van der Waals surface area contributed by atoms with Crippen LogP contribution in [0.5, 0.6) is 0 Å². The first-order valence-electron chi connectivity index (χ1n) is 5.54. The summed E-state index contributed by atoms with van der Waals surface area (Å²) < 4.78 is 0. The van der Waals surface area contributed by atoms with Gasteiger partial charge in [-0.25, -0.2) is 15.0 Å². The molecule has 0 spiro atoms. The molecule has 84 valence electrons. The Labute approximate surface area is 105 Å². The smallest absolute Gasteiger partial charge is 0.121 e. The lowest BCUT2D eigenvalue weighted by molar-refractivity contribution is 1.16. The fourth-order valence-corrected chi connectivity index (χ4v) is 1.71. The van der Waals surface area contributed by atoms with E-state index >= 15 is 0 Å². The summed E-state index contributed by atoms with van der Waals surface area (Å²) in [6.07, 6.45) is 6.63. The van der Waals surface area contributed by atoms with Crippen LogP contribution in [0, 0.1) is 11.8 Å². The van der Waals surface area contributed by atoms with E-state index in [1.54, 1.807) is 18.6 Å². The van der Waals surface area contributed by atoms with Gasteiger partial charge in [-0.05, 0) is 17.4 Å². The number of fused-ring (bicyclic) bond motifs is 1. The van der Waals surface area contributed by atoms with Crippen LogP contribution in [0.25, 0.3) is 10.8 Å². The minimum Gasteiger partial charge on any atom is -0.247 e. The summed E-state index contributed by atoms with van der Waals surface area (Å²) in [6, 6.07) is 10.0. The first kappa shape index (κ1) is 10.4. The Bertz CT molecular complexity index is 734. The van der Waals surface area contributed by atoms with Gasteiger partial charge in [-0.15, -0.1) is 0 Å². The molecule has 0 atom stereocenters. The summed E-state index contributed by atoms with van der Waals surface area (Å²) in [6.45, 7) is 0. The van der Waals surface area contributed by atoms with Crippen LogP contribution in [0.2, 0.25) is 0 Å². The van der Waals surface area contributed by atoms with Crippen LogP contribution in [0.4, 0.5) is 0 Å². The molecule has 3 rings (SSSR count). The fraction of sp³-hybridized carbons (Fsp3) is 0. The highest BCUT2D eigenvalue weighted by Gasteiger charge is 1.97. The first-order chi connectivity index (χ1) is 8.93. The third-order valence-corrected chi connectivity index (χ3v) is 2.56. The van der Waals surface area contributed by atoms with Gasteiger partial charge in [0.1, 0.15) is 12.0 Å². The molecule has 0 aliphatic rings. The molecule has 3 nitrogen and oxygen atoms in total. The zero-order chi connectivity index (χ0) is 12.2. The standard InChI is InChI=1S/C15H9N3/c1-2-4-14-13(3-1)7-8-18-15(14)6-5-12-9-16-11-17-10-12/h1-4,7-11H. The Morgan fingerprint density at radius 3 is 2.61 bits per heavy atom. The highest BCUT2D eigenvalue weighted by Crippen LogP contribution is 2.15. The molecule has 0 saturated carbocycles. The molecule has 1 aromatic carbocycles. The van der Waals surface area contributed by atoms with Crippen LogP contribution in [0.15, 0.2) is 55.2 Å². The number of aromatic nitrogens is 3. The highest BCUT2D eigenvalue weighted by molar-refractivity contribution is 5.86. The second-order valence-electron chi connectivity index (χ2n) is 3.76. The molecule has 3 heteroatoms. The van der Waals surface area contributed by atoms with Crippen LogP contribution >= 0.6 is 0 Å². The second kappa shape index (κ2) is 4.64. The summed E-state index contributed by atoms with van der Waals surface area (Å²) in [5, 5.41) is 2.20. The molecule has 0 aliphatic carbocycles. The van der Waals surface area contributed by atoms with Crippen molar-refractivity contribution in [2.75, 3.05) is 0 Å². The summed E-state index contributed by atoms with van der Waals surface area (Å²) in [7, 11) is 0. The zero-order valence-corrected chi connectivity index (χ0v) is 9.54. The molecule has 0 bridgehead atoms. The van der Waals surface area contributed by atoms with Gasteiger partial charge in [-0.1, -0.05) is 30.2 Å². The lowest BCUT2D eigenvalue weighted by Crippen LogP contribution is -1.85. The van der Waals surface area contributed by atoms with Gasteiger partial charge in [-0.2, -0.15) is 0 Å². The van der Waals surface area contributed by atoms with E-state index in [-0.39, 0.29) is 0 Å². The van der Waals surface area contributed by atoms with E-state index in [1.165, 1.54) is 6.33 Å². The summed E-state index contributed by atoms with van der Waals surface area (Å²) in [4.78, 5) is 12.2. The van der Waals surface area contributed by atoms with Crippen molar-refractivity contribution in [1.29, 1.82) is 0 Å². The van der Waals surface area contributed by atoms with E-state index in [0.29, 0.717) is 0 Å². The molecule has 0 saturated heterocycles. The summed E-state index contributed by atoms with van der Waals surface area (Å²) in [5.74, 6) is 6.08.